The van der Waals surface area contributed by atoms with E-state index in [9.17, 15) is 13.6 Å². The molecular formula is C26H32F2N6O3. The maximum absolute atomic E-state index is 14.7. The molecule has 11 heteroatoms. The number of carbonyl (C=O) groups is 1. The molecule has 37 heavy (non-hydrogen) atoms. The lowest BCUT2D eigenvalue weighted by Crippen LogP contribution is -2.51. The van der Waals surface area contributed by atoms with Crippen molar-refractivity contribution < 1.29 is 23.0 Å². The van der Waals surface area contributed by atoms with Crippen LogP contribution >= 0.6 is 0 Å². The third kappa shape index (κ3) is 5.24. The molecule has 198 valence electrons. The number of aromatic amines is 1. The molecule has 0 aliphatic carbocycles. The van der Waals surface area contributed by atoms with Crippen molar-refractivity contribution in [1.82, 2.24) is 30.0 Å². The zero-order valence-electron chi connectivity index (χ0n) is 21.0. The van der Waals surface area contributed by atoms with Crippen molar-refractivity contribution in [3.63, 3.8) is 0 Å². The Kier molecular flexibility index (Phi) is 7.52. The normalized spacial score (nSPS) is 21.7. The Bertz CT molecular complexity index is 1230. The molecular weight excluding hydrogens is 482 g/mol. The fourth-order valence-corrected chi connectivity index (χ4v) is 5.21. The number of nitrogens with zero attached hydrogens (tertiary/aromatic N) is 4. The lowest BCUT2D eigenvalue weighted by molar-refractivity contribution is -0.0610. The molecule has 0 radical (unpaired) electrons. The molecule has 2 aliphatic heterocycles. The second kappa shape index (κ2) is 11.0. The zero-order chi connectivity index (χ0) is 25.9. The largest absolute Gasteiger partial charge is 0.450 e. The summed E-state index contributed by atoms with van der Waals surface area (Å²) in [5.41, 5.74) is 3.09. The quantitative estimate of drug-likeness (QED) is 0.435. The first-order valence-corrected chi connectivity index (χ1v) is 12.8. The highest BCUT2D eigenvalue weighted by atomic mass is 19.1. The van der Waals surface area contributed by atoms with Crippen LogP contribution in [0.4, 0.5) is 13.6 Å². The number of imidazole rings is 1. The average Bonchev–Trinajstić information content (AvgIpc) is 3.62. The van der Waals surface area contributed by atoms with Crippen LogP contribution in [0, 0.1) is 11.6 Å². The molecule has 1 aromatic carbocycles. The summed E-state index contributed by atoms with van der Waals surface area (Å²) in [6.45, 7) is 6.76. The predicted octanol–water partition coefficient (Wildman–Crippen LogP) is 4.31. The second-order valence-corrected chi connectivity index (χ2v) is 9.50. The van der Waals surface area contributed by atoms with Gasteiger partial charge in [0.2, 0.25) is 0 Å². The summed E-state index contributed by atoms with van der Waals surface area (Å²) in [6, 6.07) is 4.54. The molecule has 2 aliphatic rings. The van der Waals surface area contributed by atoms with Gasteiger partial charge in [-0.2, -0.15) is 5.10 Å². The Morgan fingerprint density at radius 3 is 2.89 bits per heavy atom. The molecule has 0 bridgehead atoms. The van der Waals surface area contributed by atoms with Gasteiger partial charge in [-0.25, -0.2) is 18.6 Å². The molecule has 3 atom stereocenters. The van der Waals surface area contributed by atoms with Gasteiger partial charge in [0, 0.05) is 37.4 Å². The van der Waals surface area contributed by atoms with Crippen LogP contribution in [0.15, 0.2) is 30.5 Å². The van der Waals surface area contributed by atoms with Crippen molar-refractivity contribution in [2.75, 3.05) is 13.2 Å². The molecule has 9 nitrogen and oxygen atoms in total. The van der Waals surface area contributed by atoms with E-state index >= 15 is 0 Å². The van der Waals surface area contributed by atoms with E-state index in [0.717, 1.165) is 60.5 Å². The molecule has 1 fully saturated rings. The minimum absolute atomic E-state index is 0.0519. The number of amides is 1. The Hall–Kier alpha value is -3.31. The van der Waals surface area contributed by atoms with Crippen LogP contribution in [0.1, 0.15) is 56.2 Å². The van der Waals surface area contributed by atoms with Crippen LogP contribution in [0.25, 0.3) is 11.5 Å². The van der Waals surface area contributed by atoms with Gasteiger partial charge in [0.15, 0.2) is 5.82 Å². The molecule has 0 spiro atoms. The van der Waals surface area contributed by atoms with Crippen LogP contribution in [0.5, 0.6) is 0 Å². The highest BCUT2D eigenvalue weighted by molar-refractivity contribution is 5.67. The fraction of sp³-hybridized carbons (Fsp3) is 0.500. The number of fused-ring (bicyclic) bond motifs is 1. The van der Waals surface area contributed by atoms with Gasteiger partial charge in [-0.05, 0) is 44.0 Å². The number of unbranched alkanes of at least 4 members (excludes halogenated alkanes) is 1. The van der Waals surface area contributed by atoms with Crippen molar-refractivity contribution in [2.45, 2.75) is 70.9 Å². The highest BCUT2D eigenvalue weighted by Crippen LogP contribution is 2.36. The third-order valence-corrected chi connectivity index (χ3v) is 7.09. The van der Waals surface area contributed by atoms with E-state index in [1.54, 1.807) is 6.20 Å². The lowest BCUT2D eigenvalue weighted by atomic mass is 9.92. The summed E-state index contributed by atoms with van der Waals surface area (Å²) in [7, 11) is 0. The van der Waals surface area contributed by atoms with E-state index in [1.807, 2.05) is 13.0 Å². The number of alkyl carbamates (subject to hydrolysis) is 1. The van der Waals surface area contributed by atoms with E-state index in [0.29, 0.717) is 32.7 Å². The summed E-state index contributed by atoms with van der Waals surface area (Å²) in [6.07, 6.45) is 2.43. The van der Waals surface area contributed by atoms with Gasteiger partial charge in [-0.3, -0.25) is 10.00 Å². The fourth-order valence-electron chi connectivity index (χ4n) is 5.21. The second-order valence-electron chi connectivity index (χ2n) is 9.50. The summed E-state index contributed by atoms with van der Waals surface area (Å²) >= 11 is 0. The molecule has 3 aromatic rings. The van der Waals surface area contributed by atoms with Crippen molar-refractivity contribution >= 4 is 6.09 Å². The maximum atomic E-state index is 14.7. The van der Waals surface area contributed by atoms with E-state index in [1.165, 1.54) is 0 Å². The number of nitrogens with one attached hydrogen (secondary N) is 2. The summed E-state index contributed by atoms with van der Waals surface area (Å²) in [5.74, 6) is -0.269. The number of rotatable bonds is 8. The van der Waals surface area contributed by atoms with Crippen LogP contribution in [-0.4, -0.2) is 56.0 Å². The number of carbonyl (C=O) groups excluding carboxylic acids is 1. The van der Waals surface area contributed by atoms with Gasteiger partial charge in [-0.15, -0.1) is 0 Å². The minimum atomic E-state index is -0.828. The van der Waals surface area contributed by atoms with E-state index in [4.69, 9.17) is 14.5 Å². The lowest BCUT2D eigenvalue weighted by Gasteiger charge is -2.40. The number of benzene rings is 1. The van der Waals surface area contributed by atoms with E-state index < -0.39 is 29.9 Å². The summed E-state index contributed by atoms with van der Waals surface area (Å²) < 4.78 is 42.2. The first-order valence-electron chi connectivity index (χ1n) is 12.8. The van der Waals surface area contributed by atoms with Gasteiger partial charge in [0.25, 0.3) is 0 Å². The van der Waals surface area contributed by atoms with Crippen molar-refractivity contribution in [3.8, 4) is 11.5 Å². The predicted molar refractivity (Wildman–Crippen MR) is 131 cm³/mol. The van der Waals surface area contributed by atoms with Gasteiger partial charge in [0.1, 0.15) is 23.4 Å². The average molecular weight is 515 g/mol. The van der Waals surface area contributed by atoms with Gasteiger partial charge < -0.3 is 19.4 Å². The zero-order valence-corrected chi connectivity index (χ0v) is 21.0. The molecule has 5 rings (SSSR count). The Balaban J connectivity index is 1.33. The first-order chi connectivity index (χ1) is 18.0. The Morgan fingerprint density at radius 1 is 1.27 bits per heavy atom. The van der Waals surface area contributed by atoms with Crippen molar-refractivity contribution in [1.29, 1.82) is 0 Å². The van der Waals surface area contributed by atoms with Gasteiger partial charge in [0.05, 0.1) is 30.6 Å². The third-order valence-electron chi connectivity index (χ3n) is 7.09. The number of hydrogen-bond donors (Lipinski definition) is 2. The smallest absolute Gasteiger partial charge is 0.407 e. The standard InChI is InChI=1S/C26H32F2N6O3/c1-3-5-10-36-26(35)31-21-12-17(15-37-24(21)18-11-16(27)6-7-19(18)28)33-13-22-23(14-33)34(4-2)25(30-22)20-8-9-29-32-20/h6-9,11,17,21,24H,3-5,10,12-15H2,1-2H3,(H,29,32)(H,31,35)/t17-,21+,24-/m1/s1. The number of aromatic nitrogens is 4. The van der Waals surface area contributed by atoms with Crippen LogP contribution < -0.4 is 5.32 Å². The van der Waals surface area contributed by atoms with Gasteiger partial charge >= 0.3 is 6.09 Å². The molecule has 2 aromatic heterocycles. The minimum Gasteiger partial charge on any atom is -0.450 e. The monoisotopic (exact) mass is 514 g/mol. The Morgan fingerprint density at radius 2 is 2.14 bits per heavy atom. The number of halogens is 2. The van der Waals surface area contributed by atoms with Crippen molar-refractivity contribution in [2.24, 2.45) is 0 Å². The Labute approximate surface area is 214 Å². The molecule has 2 N–H and O–H groups in total. The topological polar surface area (TPSA) is 97.3 Å². The summed E-state index contributed by atoms with van der Waals surface area (Å²) in [5, 5.41) is 9.89. The maximum Gasteiger partial charge on any atom is 0.407 e. The van der Waals surface area contributed by atoms with Crippen molar-refractivity contribution in [3.05, 3.63) is 59.0 Å². The first kappa shape index (κ1) is 25.3. The number of H-pyrrole nitrogens is 1. The number of ether oxygens (including phenoxy) is 2. The molecule has 0 saturated carbocycles. The van der Waals surface area contributed by atoms with Gasteiger partial charge in [-0.1, -0.05) is 13.3 Å². The van der Waals surface area contributed by atoms with E-state index in [-0.39, 0.29) is 11.6 Å². The summed E-state index contributed by atoms with van der Waals surface area (Å²) in [4.78, 5) is 19.7. The molecule has 4 heterocycles. The molecule has 0 unspecified atom stereocenters. The number of hydrogen-bond acceptors (Lipinski definition) is 6. The van der Waals surface area contributed by atoms with E-state index in [2.05, 4.69) is 31.9 Å². The molecule has 1 amide bonds. The highest BCUT2D eigenvalue weighted by Gasteiger charge is 2.40. The van der Waals surface area contributed by atoms with Crippen LogP contribution in [0.3, 0.4) is 0 Å². The SMILES string of the molecule is CCCCOC(=O)N[C@H]1C[C@@H](N2Cc3nc(-c4ccn[nH]4)n(CC)c3C2)CO[C@@H]1c1cc(F)ccc1F. The van der Waals surface area contributed by atoms with Crippen LogP contribution in [0.2, 0.25) is 0 Å². The van der Waals surface area contributed by atoms with Crippen LogP contribution in [-0.2, 0) is 29.1 Å². The molecule has 1 saturated heterocycles.